The molecule has 3 rings (SSSR count). The fourth-order valence-electron chi connectivity index (χ4n) is 3.10. The van der Waals surface area contributed by atoms with Crippen molar-refractivity contribution in [3.63, 3.8) is 0 Å². The Morgan fingerprint density at radius 1 is 1.29 bits per heavy atom. The van der Waals surface area contributed by atoms with E-state index in [4.69, 9.17) is 5.26 Å². The van der Waals surface area contributed by atoms with Gasteiger partial charge < -0.3 is 10.2 Å². The molecule has 0 atom stereocenters. The fourth-order valence-corrected chi connectivity index (χ4v) is 4.60. The molecule has 0 unspecified atom stereocenters. The number of allylic oxidation sites excluding steroid dienone is 1. The number of nitriles is 1. The highest BCUT2D eigenvalue weighted by Crippen LogP contribution is 2.27. The van der Waals surface area contributed by atoms with Crippen molar-refractivity contribution in [3.05, 3.63) is 53.9 Å². The van der Waals surface area contributed by atoms with Gasteiger partial charge in [-0.05, 0) is 49.6 Å². The minimum atomic E-state index is -0.192. The summed E-state index contributed by atoms with van der Waals surface area (Å²) in [5.41, 5.74) is 2.59. The van der Waals surface area contributed by atoms with Gasteiger partial charge in [0.25, 0.3) is 0 Å². The van der Waals surface area contributed by atoms with Gasteiger partial charge in [-0.15, -0.1) is 28.1 Å². The molecular formula is C22H24N6OS2. The molecule has 1 amide bonds. The summed E-state index contributed by atoms with van der Waals surface area (Å²) in [5.74, 6) is 0.708. The van der Waals surface area contributed by atoms with Crippen LogP contribution in [0.4, 0.5) is 10.7 Å². The van der Waals surface area contributed by atoms with Gasteiger partial charge >= 0.3 is 0 Å². The summed E-state index contributed by atoms with van der Waals surface area (Å²) >= 11 is 2.63. The molecule has 2 heterocycles. The summed E-state index contributed by atoms with van der Waals surface area (Å²) in [6.45, 7) is 10.5. The van der Waals surface area contributed by atoms with E-state index in [1.807, 2.05) is 16.7 Å². The van der Waals surface area contributed by atoms with Crippen LogP contribution in [0.5, 0.6) is 0 Å². The van der Waals surface area contributed by atoms with E-state index in [1.165, 1.54) is 28.8 Å². The average Bonchev–Trinajstić information content (AvgIpc) is 3.40. The monoisotopic (exact) mass is 452 g/mol. The number of rotatable bonds is 10. The normalized spacial score (nSPS) is 10.5. The summed E-state index contributed by atoms with van der Waals surface area (Å²) in [4.78, 5) is 14.6. The number of thioether (sulfide) groups is 1. The van der Waals surface area contributed by atoms with Crippen LogP contribution in [0.25, 0.3) is 11.4 Å². The van der Waals surface area contributed by atoms with Crippen LogP contribution in [0.15, 0.2) is 53.5 Å². The third-order valence-electron chi connectivity index (χ3n) is 4.65. The third kappa shape index (κ3) is 5.34. The predicted molar refractivity (Wildman–Crippen MR) is 128 cm³/mol. The van der Waals surface area contributed by atoms with Crippen LogP contribution < -0.4 is 10.2 Å². The molecule has 0 aliphatic heterocycles. The Kier molecular flexibility index (Phi) is 7.87. The van der Waals surface area contributed by atoms with Crippen molar-refractivity contribution in [1.29, 1.82) is 5.26 Å². The second-order valence-electron chi connectivity index (χ2n) is 6.54. The van der Waals surface area contributed by atoms with Crippen LogP contribution in [0.2, 0.25) is 0 Å². The highest BCUT2D eigenvalue weighted by Gasteiger charge is 2.16. The molecule has 0 bridgehead atoms. The van der Waals surface area contributed by atoms with E-state index in [2.05, 4.69) is 59.0 Å². The number of carbonyl (C=O) groups excluding carboxylic acids is 1. The number of nitrogens with zero attached hydrogens (tertiary/aromatic N) is 5. The lowest BCUT2D eigenvalue weighted by atomic mass is 10.2. The molecule has 0 saturated carbocycles. The minimum Gasteiger partial charge on any atom is -0.372 e. The molecule has 7 nitrogen and oxygen atoms in total. The quantitative estimate of drug-likeness (QED) is 0.356. The second kappa shape index (κ2) is 10.8. The lowest BCUT2D eigenvalue weighted by molar-refractivity contribution is -0.113. The molecule has 3 aromatic rings. The van der Waals surface area contributed by atoms with Crippen LogP contribution in [0.1, 0.15) is 19.4 Å². The van der Waals surface area contributed by atoms with E-state index in [9.17, 15) is 4.79 Å². The van der Waals surface area contributed by atoms with Gasteiger partial charge in [0.15, 0.2) is 11.0 Å². The number of hydrogen-bond acceptors (Lipinski definition) is 7. The SMILES string of the molecule is C=CCn1c(SCC(=O)Nc2sccc2C#N)nnc1-c1ccc(N(CC)CC)cc1. The fraction of sp³-hybridized carbons (Fsp3) is 0.273. The zero-order valence-electron chi connectivity index (χ0n) is 17.5. The molecule has 0 saturated heterocycles. The third-order valence-corrected chi connectivity index (χ3v) is 6.45. The summed E-state index contributed by atoms with van der Waals surface area (Å²) in [5, 5.41) is 23.5. The number of thiophene rings is 1. The van der Waals surface area contributed by atoms with E-state index in [0.29, 0.717) is 22.3 Å². The van der Waals surface area contributed by atoms with Crippen molar-refractivity contribution >= 4 is 39.7 Å². The number of benzene rings is 1. The van der Waals surface area contributed by atoms with Gasteiger partial charge in [-0.3, -0.25) is 9.36 Å². The highest BCUT2D eigenvalue weighted by atomic mass is 32.2. The number of aromatic nitrogens is 3. The van der Waals surface area contributed by atoms with Crippen molar-refractivity contribution in [2.45, 2.75) is 25.5 Å². The first kappa shape index (κ1) is 22.6. The summed E-state index contributed by atoms with van der Waals surface area (Å²) in [6.07, 6.45) is 1.78. The molecule has 31 heavy (non-hydrogen) atoms. The number of nitrogens with one attached hydrogen (secondary N) is 1. The Hall–Kier alpha value is -3.09. The molecule has 1 aromatic carbocycles. The van der Waals surface area contributed by atoms with E-state index >= 15 is 0 Å². The van der Waals surface area contributed by atoms with Crippen LogP contribution in [0, 0.1) is 11.3 Å². The zero-order valence-corrected chi connectivity index (χ0v) is 19.2. The van der Waals surface area contributed by atoms with E-state index < -0.39 is 0 Å². The van der Waals surface area contributed by atoms with Crippen molar-refractivity contribution < 1.29 is 4.79 Å². The van der Waals surface area contributed by atoms with Crippen molar-refractivity contribution in [3.8, 4) is 17.5 Å². The molecule has 160 valence electrons. The Morgan fingerprint density at radius 2 is 2.03 bits per heavy atom. The Balaban J connectivity index is 1.73. The van der Waals surface area contributed by atoms with Crippen molar-refractivity contribution in [2.75, 3.05) is 29.1 Å². The average molecular weight is 453 g/mol. The largest absolute Gasteiger partial charge is 0.372 e. The minimum absolute atomic E-state index is 0.166. The first-order valence-electron chi connectivity index (χ1n) is 9.90. The molecule has 0 fully saturated rings. The highest BCUT2D eigenvalue weighted by molar-refractivity contribution is 7.99. The molecule has 0 radical (unpaired) electrons. The predicted octanol–water partition coefficient (Wildman–Crippen LogP) is 4.64. The maximum Gasteiger partial charge on any atom is 0.235 e. The van der Waals surface area contributed by atoms with Gasteiger partial charge in [0.05, 0.1) is 11.3 Å². The van der Waals surface area contributed by atoms with Crippen LogP contribution in [-0.4, -0.2) is 39.5 Å². The van der Waals surface area contributed by atoms with Gasteiger partial charge in [-0.2, -0.15) is 5.26 Å². The van der Waals surface area contributed by atoms with Crippen molar-refractivity contribution in [2.24, 2.45) is 0 Å². The van der Waals surface area contributed by atoms with E-state index in [-0.39, 0.29) is 11.7 Å². The number of anilines is 2. The lowest BCUT2D eigenvalue weighted by Crippen LogP contribution is -2.21. The Bertz CT molecular complexity index is 1080. The topological polar surface area (TPSA) is 86.8 Å². The molecule has 9 heteroatoms. The number of carbonyl (C=O) groups is 1. The van der Waals surface area contributed by atoms with E-state index in [1.54, 1.807) is 17.5 Å². The number of hydrogen-bond donors (Lipinski definition) is 1. The zero-order chi connectivity index (χ0) is 22.2. The van der Waals surface area contributed by atoms with Crippen LogP contribution in [0.3, 0.4) is 0 Å². The summed E-state index contributed by atoms with van der Waals surface area (Å²) < 4.78 is 1.95. The Labute approximate surface area is 190 Å². The van der Waals surface area contributed by atoms with Crippen LogP contribution >= 0.6 is 23.1 Å². The van der Waals surface area contributed by atoms with Gasteiger partial charge in [0.2, 0.25) is 5.91 Å². The first-order valence-corrected chi connectivity index (χ1v) is 11.8. The first-order chi connectivity index (χ1) is 15.1. The van der Waals surface area contributed by atoms with Gasteiger partial charge in [-0.1, -0.05) is 17.8 Å². The lowest BCUT2D eigenvalue weighted by Gasteiger charge is -2.21. The Morgan fingerprint density at radius 3 is 2.68 bits per heavy atom. The molecule has 0 spiro atoms. The molecular weight excluding hydrogens is 428 g/mol. The summed E-state index contributed by atoms with van der Waals surface area (Å²) in [7, 11) is 0. The van der Waals surface area contributed by atoms with Crippen molar-refractivity contribution in [1.82, 2.24) is 14.8 Å². The molecule has 1 N–H and O–H groups in total. The molecule has 0 aliphatic carbocycles. The second-order valence-corrected chi connectivity index (χ2v) is 8.40. The van der Waals surface area contributed by atoms with Gasteiger partial charge in [0.1, 0.15) is 11.1 Å². The maximum atomic E-state index is 12.3. The smallest absolute Gasteiger partial charge is 0.235 e. The summed E-state index contributed by atoms with van der Waals surface area (Å²) in [6, 6.07) is 12.0. The van der Waals surface area contributed by atoms with Crippen LogP contribution in [-0.2, 0) is 11.3 Å². The van der Waals surface area contributed by atoms with E-state index in [0.717, 1.165) is 24.5 Å². The maximum absolute atomic E-state index is 12.3. The molecule has 2 aromatic heterocycles. The number of amides is 1. The van der Waals surface area contributed by atoms with Gasteiger partial charge in [-0.25, -0.2) is 0 Å². The van der Waals surface area contributed by atoms with Gasteiger partial charge in [0, 0.05) is 30.9 Å². The standard InChI is InChI=1S/C22H24N6OS2/c1-4-12-28-20(16-7-9-18(10-8-16)27(5-2)6-3)25-26-22(28)31-15-19(29)24-21-17(14-23)11-13-30-21/h4,7-11,13H,1,5-6,12,15H2,2-3H3,(H,24,29). The molecule has 0 aliphatic rings.